The molecule has 0 unspecified atom stereocenters. The van der Waals surface area contributed by atoms with Gasteiger partial charge in [-0.2, -0.15) is 0 Å². The van der Waals surface area contributed by atoms with Crippen molar-refractivity contribution >= 4 is 11.9 Å². The summed E-state index contributed by atoms with van der Waals surface area (Å²) in [6.07, 6.45) is 0. The van der Waals surface area contributed by atoms with Gasteiger partial charge in [-0.3, -0.25) is 0 Å². The number of carbonyl (C=O) groups is 2. The third-order valence-corrected chi connectivity index (χ3v) is 5.14. The largest absolute Gasteiger partial charge is 0.490 e. The SMILES string of the molecule is C=C(C)C(=O)OCCOc1ccc2c(c1)C(C)c1cc(OCCOC(=O)C(=C)C)ccc1-2. The quantitative estimate of drug-likeness (QED) is 0.302. The molecule has 0 bridgehead atoms. The molecule has 0 atom stereocenters. The summed E-state index contributed by atoms with van der Waals surface area (Å²) in [6.45, 7) is 13.3. The monoisotopic (exact) mass is 436 g/mol. The number of esters is 2. The molecule has 0 fully saturated rings. The van der Waals surface area contributed by atoms with Gasteiger partial charge < -0.3 is 18.9 Å². The van der Waals surface area contributed by atoms with Crippen LogP contribution in [0.5, 0.6) is 11.5 Å². The van der Waals surface area contributed by atoms with E-state index in [4.69, 9.17) is 18.9 Å². The van der Waals surface area contributed by atoms with E-state index in [-0.39, 0.29) is 32.3 Å². The Morgan fingerprint density at radius 3 is 1.53 bits per heavy atom. The molecule has 0 aliphatic heterocycles. The summed E-state index contributed by atoms with van der Waals surface area (Å²) in [5, 5.41) is 0. The highest BCUT2D eigenvalue weighted by Gasteiger charge is 2.26. The maximum atomic E-state index is 11.4. The van der Waals surface area contributed by atoms with Crippen molar-refractivity contribution in [2.45, 2.75) is 26.7 Å². The van der Waals surface area contributed by atoms with Gasteiger partial charge in [-0.15, -0.1) is 0 Å². The Balaban J connectivity index is 1.59. The summed E-state index contributed by atoms with van der Waals surface area (Å²) in [6, 6.07) is 12.0. The Morgan fingerprint density at radius 2 is 1.16 bits per heavy atom. The van der Waals surface area contributed by atoms with Gasteiger partial charge in [0.15, 0.2) is 0 Å². The molecule has 0 amide bonds. The van der Waals surface area contributed by atoms with Crippen LogP contribution in [-0.2, 0) is 19.1 Å². The lowest BCUT2D eigenvalue weighted by molar-refractivity contribution is -0.140. The van der Waals surface area contributed by atoms with Gasteiger partial charge in [0.05, 0.1) is 0 Å². The van der Waals surface area contributed by atoms with E-state index in [1.807, 2.05) is 36.4 Å². The summed E-state index contributed by atoms with van der Waals surface area (Å²) < 4.78 is 21.6. The summed E-state index contributed by atoms with van der Waals surface area (Å²) in [7, 11) is 0. The zero-order valence-electron chi connectivity index (χ0n) is 18.7. The molecule has 6 nitrogen and oxygen atoms in total. The van der Waals surface area contributed by atoms with Gasteiger partial charge in [0.2, 0.25) is 0 Å². The molecule has 0 heterocycles. The minimum atomic E-state index is -0.418. The molecule has 0 N–H and O–H groups in total. The Kier molecular flexibility index (Phi) is 7.36. The fourth-order valence-electron chi connectivity index (χ4n) is 3.47. The van der Waals surface area contributed by atoms with Crippen molar-refractivity contribution in [2.24, 2.45) is 0 Å². The molecule has 168 valence electrons. The average molecular weight is 437 g/mol. The van der Waals surface area contributed by atoms with Gasteiger partial charge in [-0.1, -0.05) is 32.2 Å². The van der Waals surface area contributed by atoms with Gasteiger partial charge in [0.1, 0.15) is 37.9 Å². The van der Waals surface area contributed by atoms with Crippen LogP contribution in [0.4, 0.5) is 0 Å². The molecule has 1 aliphatic rings. The zero-order valence-corrected chi connectivity index (χ0v) is 18.7. The first-order valence-corrected chi connectivity index (χ1v) is 10.5. The van der Waals surface area contributed by atoms with E-state index >= 15 is 0 Å². The van der Waals surface area contributed by atoms with Crippen molar-refractivity contribution in [1.82, 2.24) is 0 Å². The van der Waals surface area contributed by atoms with Crippen molar-refractivity contribution < 1.29 is 28.5 Å². The predicted molar refractivity (Wildman–Crippen MR) is 122 cm³/mol. The first-order valence-electron chi connectivity index (χ1n) is 10.5. The van der Waals surface area contributed by atoms with Crippen LogP contribution in [0.3, 0.4) is 0 Å². The van der Waals surface area contributed by atoms with Crippen LogP contribution in [0.15, 0.2) is 60.7 Å². The van der Waals surface area contributed by atoms with Crippen LogP contribution >= 0.6 is 0 Å². The number of rotatable bonds is 10. The van der Waals surface area contributed by atoms with Crippen LogP contribution in [0.25, 0.3) is 11.1 Å². The van der Waals surface area contributed by atoms with E-state index < -0.39 is 11.9 Å². The smallest absolute Gasteiger partial charge is 0.333 e. The topological polar surface area (TPSA) is 71.1 Å². The van der Waals surface area contributed by atoms with Gasteiger partial charge in [0.25, 0.3) is 0 Å². The molecular weight excluding hydrogens is 408 g/mol. The normalized spacial score (nSPS) is 11.8. The molecule has 32 heavy (non-hydrogen) atoms. The Morgan fingerprint density at radius 1 is 0.750 bits per heavy atom. The first kappa shape index (κ1) is 23.1. The molecule has 0 radical (unpaired) electrons. The lowest BCUT2D eigenvalue weighted by Gasteiger charge is -2.11. The molecule has 1 aliphatic carbocycles. The van der Waals surface area contributed by atoms with Crippen LogP contribution in [0.2, 0.25) is 0 Å². The van der Waals surface area contributed by atoms with E-state index in [1.54, 1.807) is 13.8 Å². The number of hydrogen-bond acceptors (Lipinski definition) is 6. The number of carbonyl (C=O) groups excluding carboxylic acids is 2. The third kappa shape index (κ3) is 5.38. The van der Waals surface area contributed by atoms with E-state index in [0.29, 0.717) is 11.1 Å². The van der Waals surface area contributed by atoms with Gasteiger partial charge >= 0.3 is 11.9 Å². The summed E-state index contributed by atoms with van der Waals surface area (Å²) in [5.41, 5.74) is 5.40. The third-order valence-electron chi connectivity index (χ3n) is 5.14. The van der Waals surface area contributed by atoms with Crippen molar-refractivity contribution in [3.63, 3.8) is 0 Å². The number of benzene rings is 2. The Hall–Kier alpha value is -3.54. The summed E-state index contributed by atoms with van der Waals surface area (Å²) in [4.78, 5) is 22.9. The van der Waals surface area contributed by atoms with Gasteiger partial charge in [-0.25, -0.2) is 9.59 Å². The second kappa shape index (κ2) is 10.2. The van der Waals surface area contributed by atoms with E-state index in [0.717, 1.165) is 22.6 Å². The fourth-order valence-corrected chi connectivity index (χ4v) is 3.47. The maximum absolute atomic E-state index is 11.4. The molecule has 0 saturated carbocycles. The molecule has 3 rings (SSSR count). The number of fused-ring (bicyclic) bond motifs is 3. The first-order chi connectivity index (χ1) is 15.3. The molecule has 6 heteroatoms. The van der Waals surface area contributed by atoms with Crippen molar-refractivity contribution in [1.29, 1.82) is 0 Å². The Labute approximate surface area is 188 Å². The molecule has 0 saturated heterocycles. The highest BCUT2D eigenvalue weighted by atomic mass is 16.6. The minimum Gasteiger partial charge on any atom is -0.490 e. The highest BCUT2D eigenvalue weighted by Crippen LogP contribution is 2.46. The molecular formula is C26H28O6. The Bertz CT molecular complexity index is 969. The molecule has 2 aromatic carbocycles. The van der Waals surface area contributed by atoms with Gasteiger partial charge in [-0.05, 0) is 60.4 Å². The van der Waals surface area contributed by atoms with E-state index in [2.05, 4.69) is 20.1 Å². The van der Waals surface area contributed by atoms with Crippen molar-refractivity contribution in [3.05, 3.63) is 71.8 Å². The van der Waals surface area contributed by atoms with E-state index in [1.165, 1.54) is 11.1 Å². The van der Waals surface area contributed by atoms with Crippen LogP contribution < -0.4 is 9.47 Å². The van der Waals surface area contributed by atoms with Crippen LogP contribution in [0.1, 0.15) is 37.8 Å². The second-order valence-electron chi connectivity index (χ2n) is 7.75. The standard InChI is InChI=1S/C26H28O6/c1-16(2)25(27)31-12-10-29-19-6-8-21-22-9-7-20(15-24(22)18(5)23(21)14-19)30-11-13-32-26(28)17(3)4/h6-9,14-15,18H,1,3,10-13H2,2,4-5H3. The fraction of sp³-hybridized carbons (Fsp3) is 0.308. The lowest BCUT2D eigenvalue weighted by Crippen LogP contribution is -2.12. The van der Waals surface area contributed by atoms with Crippen molar-refractivity contribution in [3.8, 4) is 22.6 Å². The summed E-state index contributed by atoms with van der Waals surface area (Å²) >= 11 is 0. The van der Waals surface area contributed by atoms with Crippen LogP contribution in [0, 0.1) is 0 Å². The zero-order chi connectivity index (χ0) is 23.3. The average Bonchev–Trinajstić information content (AvgIpc) is 3.05. The maximum Gasteiger partial charge on any atom is 0.333 e. The summed E-state index contributed by atoms with van der Waals surface area (Å²) in [5.74, 6) is 0.794. The molecule has 2 aromatic rings. The minimum absolute atomic E-state index is 0.168. The number of hydrogen-bond donors (Lipinski definition) is 0. The number of ether oxygens (including phenoxy) is 4. The molecule has 0 aromatic heterocycles. The lowest BCUT2D eigenvalue weighted by atomic mass is 9.99. The van der Waals surface area contributed by atoms with E-state index in [9.17, 15) is 9.59 Å². The van der Waals surface area contributed by atoms with Gasteiger partial charge in [0, 0.05) is 17.1 Å². The predicted octanol–water partition coefficient (Wildman–Crippen LogP) is 4.82. The highest BCUT2D eigenvalue weighted by molar-refractivity contribution is 5.87. The second-order valence-corrected chi connectivity index (χ2v) is 7.75. The van der Waals surface area contributed by atoms with Crippen molar-refractivity contribution in [2.75, 3.05) is 26.4 Å². The van der Waals surface area contributed by atoms with Crippen LogP contribution in [-0.4, -0.2) is 38.4 Å². The molecule has 0 spiro atoms.